The average Bonchev–Trinajstić information content (AvgIpc) is 2.74. The quantitative estimate of drug-likeness (QED) is 0.594. The molecule has 144 valence electrons. The fraction of sp³-hybridized carbons (Fsp3) is 0.350. The summed E-state index contributed by atoms with van der Waals surface area (Å²) < 4.78 is 11.2. The van der Waals surface area contributed by atoms with Crippen LogP contribution in [-0.4, -0.2) is 49.2 Å². The average molecular weight is 380 g/mol. The van der Waals surface area contributed by atoms with Crippen LogP contribution in [0.2, 0.25) is 0 Å². The number of ether oxygens (including phenoxy) is 2. The topological polar surface area (TPSA) is 91.9 Å². The predicted octanol–water partition coefficient (Wildman–Crippen LogP) is 2.56. The number of nitriles is 1. The van der Waals surface area contributed by atoms with Crippen molar-refractivity contribution in [1.82, 2.24) is 4.90 Å². The van der Waals surface area contributed by atoms with Crippen molar-refractivity contribution in [2.45, 2.75) is 6.54 Å². The summed E-state index contributed by atoms with van der Waals surface area (Å²) in [6.07, 6.45) is 0. The van der Waals surface area contributed by atoms with E-state index >= 15 is 0 Å². The molecule has 1 saturated heterocycles. The highest BCUT2D eigenvalue weighted by Gasteiger charge is 2.24. The molecule has 2 aliphatic heterocycles. The maximum Gasteiger partial charge on any atom is 0.293 e. The third-order valence-electron chi connectivity index (χ3n) is 5.03. The van der Waals surface area contributed by atoms with Crippen molar-refractivity contribution in [2.24, 2.45) is 0 Å². The molecule has 2 aliphatic rings. The smallest absolute Gasteiger partial charge is 0.293 e. The van der Waals surface area contributed by atoms with Crippen LogP contribution >= 0.6 is 0 Å². The zero-order valence-electron chi connectivity index (χ0n) is 15.3. The van der Waals surface area contributed by atoms with Crippen LogP contribution < -0.4 is 14.4 Å². The molecule has 0 aliphatic carbocycles. The minimum atomic E-state index is -0.419. The number of anilines is 1. The molecule has 0 amide bonds. The molecular formula is C20H20N4O4. The lowest BCUT2D eigenvalue weighted by Crippen LogP contribution is -2.46. The highest BCUT2D eigenvalue weighted by Crippen LogP contribution is 2.32. The van der Waals surface area contributed by atoms with E-state index in [0.29, 0.717) is 37.6 Å². The van der Waals surface area contributed by atoms with Crippen molar-refractivity contribution < 1.29 is 14.4 Å². The van der Waals surface area contributed by atoms with Gasteiger partial charge < -0.3 is 14.4 Å². The normalized spacial score (nSPS) is 16.5. The fourth-order valence-corrected chi connectivity index (χ4v) is 3.60. The first kappa shape index (κ1) is 18.1. The highest BCUT2D eigenvalue weighted by molar-refractivity contribution is 5.65. The number of piperazine rings is 1. The SMILES string of the molecule is N#Cc1ccc(N2CCN(Cc3ccc4c(c3)OCCO4)CC2)c([N+](=O)[O-])c1. The van der Waals surface area contributed by atoms with Crippen molar-refractivity contribution in [1.29, 1.82) is 5.26 Å². The van der Waals surface area contributed by atoms with E-state index in [0.717, 1.165) is 36.7 Å². The number of benzene rings is 2. The summed E-state index contributed by atoms with van der Waals surface area (Å²) in [5.41, 5.74) is 2.01. The molecule has 2 heterocycles. The van der Waals surface area contributed by atoms with Gasteiger partial charge in [-0.15, -0.1) is 0 Å². The van der Waals surface area contributed by atoms with E-state index in [1.54, 1.807) is 12.1 Å². The van der Waals surface area contributed by atoms with E-state index in [-0.39, 0.29) is 5.69 Å². The molecule has 0 saturated carbocycles. The Kier molecular flexibility index (Phi) is 5.00. The zero-order chi connectivity index (χ0) is 19.5. The Morgan fingerprint density at radius 1 is 1.04 bits per heavy atom. The molecular weight excluding hydrogens is 360 g/mol. The molecule has 4 rings (SSSR count). The first-order chi connectivity index (χ1) is 13.6. The van der Waals surface area contributed by atoms with E-state index in [2.05, 4.69) is 4.90 Å². The summed E-state index contributed by atoms with van der Waals surface area (Å²) in [4.78, 5) is 15.3. The molecule has 2 aromatic carbocycles. The van der Waals surface area contributed by atoms with E-state index in [4.69, 9.17) is 14.7 Å². The van der Waals surface area contributed by atoms with Gasteiger partial charge in [0.2, 0.25) is 0 Å². The van der Waals surface area contributed by atoms with Crippen LogP contribution in [0.4, 0.5) is 11.4 Å². The number of nitro benzene ring substituents is 1. The number of nitro groups is 1. The summed E-state index contributed by atoms with van der Waals surface area (Å²) in [5, 5.41) is 20.4. The van der Waals surface area contributed by atoms with Gasteiger partial charge in [0, 0.05) is 38.8 Å². The van der Waals surface area contributed by atoms with Crippen LogP contribution in [0.1, 0.15) is 11.1 Å². The first-order valence-electron chi connectivity index (χ1n) is 9.18. The van der Waals surface area contributed by atoms with Gasteiger partial charge in [0.15, 0.2) is 11.5 Å². The Balaban J connectivity index is 1.41. The van der Waals surface area contributed by atoms with Gasteiger partial charge in [-0.25, -0.2) is 0 Å². The number of rotatable bonds is 4. The van der Waals surface area contributed by atoms with Crippen molar-refractivity contribution in [3.05, 3.63) is 57.6 Å². The highest BCUT2D eigenvalue weighted by atomic mass is 16.6. The van der Waals surface area contributed by atoms with Crippen LogP contribution in [0.15, 0.2) is 36.4 Å². The van der Waals surface area contributed by atoms with Crippen LogP contribution in [-0.2, 0) is 6.54 Å². The Bertz CT molecular complexity index is 932. The monoisotopic (exact) mass is 380 g/mol. The molecule has 0 aromatic heterocycles. The van der Waals surface area contributed by atoms with E-state index in [1.165, 1.54) is 6.07 Å². The Labute approximate surface area is 162 Å². The molecule has 0 unspecified atom stereocenters. The maximum absolute atomic E-state index is 11.4. The Morgan fingerprint density at radius 3 is 2.50 bits per heavy atom. The van der Waals surface area contributed by atoms with Crippen molar-refractivity contribution >= 4 is 11.4 Å². The van der Waals surface area contributed by atoms with Gasteiger partial charge in [-0.3, -0.25) is 15.0 Å². The van der Waals surface area contributed by atoms with Gasteiger partial charge in [0.1, 0.15) is 18.9 Å². The second-order valence-corrected chi connectivity index (χ2v) is 6.81. The summed E-state index contributed by atoms with van der Waals surface area (Å²) in [6, 6.07) is 12.6. The number of hydrogen-bond donors (Lipinski definition) is 0. The minimum absolute atomic E-state index is 0.0145. The molecule has 0 N–H and O–H groups in total. The molecule has 8 nitrogen and oxygen atoms in total. The molecule has 0 spiro atoms. The summed E-state index contributed by atoms with van der Waals surface area (Å²) in [6.45, 7) is 4.92. The van der Waals surface area contributed by atoms with Crippen molar-refractivity contribution in [3.63, 3.8) is 0 Å². The van der Waals surface area contributed by atoms with Gasteiger partial charge in [-0.2, -0.15) is 5.26 Å². The largest absolute Gasteiger partial charge is 0.486 e. The molecule has 1 fully saturated rings. The fourth-order valence-electron chi connectivity index (χ4n) is 3.60. The Hall–Kier alpha value is -3.31. The lowest BCUT2D eigenvalue weighted by Gasteiger charge is -2.36. The van der Waals surface area contributed by atoms with Crippen LogP contribution in [0, 0.1) is 21.4 Å². The second kappa shape index (κ2) is 7.74. The van der Waals surface area contributed by atoms with Gasteiger partial charge in [-0.1, -0.05) is 6.07 Å². The number of nitrogens with zero attached hydrogens (tertiary/aromatic N) is 4. The maximum atomic E-state index is 11.4. The van der Waals surface area contributed by atoms with Gasteiger partial charge in [0.25, 0.3) is 5.69 Å². The lowest BCUT2D eigenvalue weighted by atomic mass is 10.1. The number of fused-ring (bicyclic) bond motifs is 1. The van der Waals surface area contributed by atoms with Crippen LogP contribution in [0.25, 0.3) is 0 Å². The molecule has 0 radical (unpaired) electrons. The molecule has 2 aromatic rings. The molecule has 28 heavy (non-hydrogen) atoms. The molecule has 8 heteroatoms. The lowest BCUT2D eigenvalue weighted by molar-refractivity contribution is -0.384. The summed E-state index contributed by atoms with van der Waals surface area (Å²) in [5.74, 6) is 1.57. The van der Waals surface area contributed by atoms with Crippen LogP contribution in [0.5, 0.6) is 11.5 Å². The first-order valence-corrected chi connectivity index (χ1v) is 9.18. The predicted molar refractivity (Wildman–Crippen MR) is 103 cm³/mol. The van der Waals surface area contributed by atoms with Gasteiger partial charge >= 0.3 is 0 Å². The summed E-state index contributed by atoms with van der Waals surface area (Å²) >= 11 is 0. The third kappa shape index (κ3) is 3.70. The standard InChI is InChI=1S/C20H20N4O4/c21-13-15-1-3-17(18(11-15)24(25)26)23-7-5-22(6-8-23)14-16-2-4-19-20(12-16)28-10-9-27-19/h1-4,11-12H,5-10,14H2. The van der Waals surface area contributed by atoms with Crippen molar-refractivity contribution in [3.8, 4) is 17.6 Å². The molecule has 0 bridgehead atoms. The van der Waals surface area contributed by atoms with Crippen LogP contribution in [0.3, 0.4) is 0 Å². The van der Waals surface area contributed by atoms with E-state index < -0.39 is 4.92 Å². The Morgan fingerprint density at radius 2 is 1.79 bits per heavy atom. The third-order valence-corrected chi connectivity index (χ3v) is 5.03. The van der Waals surface area contributed by atoms with E-state index in [1.807, 2.05) is 29.2 Å². The second-order valence-electron chi connectivity index (χ2n) is 6.81. The number of hydrogen-bond acceptors (Lipinski definition) is 7. The van der Waals surface area contributed by atoms with Gasteiger partial charge in [0.05, 0.1) is 16.6 Å². The van der Waals surface area contributed by atoms with Crippen molar-refractivity contribution in [2.75, 3.05) is 44.3 Å². The molecule has 0 atom stereocenters. The van der Waals surface area contributed by atoms with Gasteiger partial charge in [-0.05, 0) is 29.8 Å². The zero-order valence-corrected chi connectivity index (χ0v) is 15.3. The summed E-state index contributed by atoms with van der Waals surface area (Å²) in [7, 11) is 0. The minimum Gasteiger partial charge on any atom is -0.486 e. The van der Waals surface area contributed by atoms with E-state index in [9.17, 15) is 10.1 Å².